The van der Waals surface area contributed by atoms with E-state index in [4.69, 9.17) is 0 Å². The molecule has 3 heteroatoms. The molecule has 1 aromatic rings. The first-order chi connectivity index (χ1) is 8.86. The zero-order valence-corrected chi connectivity index (χ0v) is 10.5. The van der Waals surface area contributed by atoms with Crippen LogP contribution in [0.2, 0.25) is 0 Å². The van der Waals surface area contributed by atoms with Crippen LogP contribution in [0.15, 0.2) is 30.3 Å². The zero-order chi connectivity index (χ0) is 12.6. The van der Waals surface area contributed by atoms with Crippen LogP contribution in [0.1, 0.15) is 23.2 Å². The number of amides is 1. The first-order valence-electron chi connectivity index (χ1n) is 6.37. The number of benzene rings is 1. The quantitative estimate of drug-likeness (QED) is 0.815. The van der Waals surface area contributed by atoms with E-state index in [2.05, 4.69) is 22.1 Å². The van der Waals surface area contributed by atoms with E-state index in [1.165, 1.54) is 12.8 Å². The van der Waals surface area contributed by atoms with Crippen molar-refractivity contribution in [2.24, 2.45) is 0 Å². The molecule has 0 spiro atoms. The van der Waals surface area contributed by atoms with Crippen LogP contribution >= 0.6 is 0 Å². The first-order valence-corrected chi connectivity index (χ1v) is 6.37. The van der Waals surface area contributed by atoms with Crippen LogP contribution in [-0.4, -0.2) is 37.0 Å². The molecule has 1 N–H and O–H groups in total. The normalized spacial score (nSPS) is 14.9. The SMILES string of the molecule is O=C(NCC#CCN1CCCC1)c1ccccc1. The van der Waals surface area contributed by atoms with Crippen LogP contribution in [0, 0.1) is 11.8 Å². The molecule has 1 aromatic carbocycles. The molecule has 0 saturated carbocycles. The number of rotatable bonds is 3. The molecule has 2 rings (SSSR count). The average molecular weight is 242 g/mol. The molecule has 0 atom stereocenters. The van der Waals surface area contributed by atoms with Crippen molar-refractivity contribution in [3.63, 3.8) is 0 Å². The van der Waals surface area contributed by atoms with Crippen molar-refractivity contribution in [1.29, 1.82) is 0 Å². The predicted octanol–water partition coefficient (Wildman–Crippen LogP) is 1.52. The molecule has 1 saturated heterocycles. The van der Waals surface area contributed by atoms with Gasteiger partial charge in [-0.25, -0.2) is 0 Å². The van der Waals surface area contributed by atoms with Gasteiger partial charge in [0.25, 0.3) is 5.91 Å². The summed E-state index contributed by atoms with van der Waals surface area (Å²) in [6.45, 7) is 3.55. The van der Waals surface area contributed by atoms with Gasteiger partial charge < -0.3 is 5.32 Å². The van der Waals surface area contributed by atoms with Gasteiger partial charge in [-0.1, -0.05) is 30.0 Å². The highest BCUT2D eigenvalue weighted by Crippen LogP contribution is 2.05. The third-order valence-corrected chi connectivity index (χ3v) is 3.00. The summed E-state index contributed by atoms with van der Waals surface area (Å²) in [6.07, 6.45) is 2.57. The van der Waals surface area contributed by atoms with Crippen molar-refractivity contribution in [3.05, 3.63) is 35.9 Å². The van der Waals surface area contributed by atoms with Gasteiger partial charge in [0, 0.05) is 5.56 Å². The Morgan fingerprint density at radius 3 is 2.61 bits per heavy atom. The molecule has 94 valence electrons. The van der Waals surface area contributed by atoms with Crippen LogP contribution in [0.4, 0.5) is 0 Å². The summed E-state index contributed by atoms with van der Waals surface area (Å²) in [5.41, 5.74) is 0.679. The second-order valence-electron chi connectivity index (χ2n) is 4.39. The lowest BCUT2D eigenvalue weighted by atomic mass is 10.2. The number of hydrogen-bond acceptors (Lipinski definition) is 2. The number of nitrogens with one attached hydrogen (secondary N) is 1. The first kappa shape index (κ1) is 12.7. The van der Waals surface area contributed by atoms with Gasteiger partial charge in [0.05, 0.1) is 13.1 Å². The van der Waals surface area contributed by atoms with E-state index >= 15 is 0 Å². The maximum absolute atomic E-state index is 11.7. The Morgan fingerprint density at radius 1 is 1.17 bits per heavy atom. The largest absolute Gasteiger partial charge is 0.341 e. The van der Waals surface area contributed by atoms with E-state index < -0.39 is 0 Å². The second-order valence-corrected chi connectivity index (χ2v) is 4.39. The van der Waals surface area contributed by atoms with Gasteiger partial charge in [0.15, 0.2) is 0 Å². The van der Waals surface area contributed by atoms with Gasteiger partial charge in [0.2, 0.25) is 0 Å². The Labute approximate surface area is 108 Å². The Balaban J connectivity index is 1.69. The van der Waals surface area contributed by atoms with Crippen molar-refractivity contribution in [1.82, 2.24) is 10.2 Å². The molecule has 1 aliphatic rings. The molecule has 0 radical (unpaired) electrons. The van der Waals surface area contributed by atoms with Crippen LogP contribution < -0.4 is 5.32 Å². The Hall–Kier alpha value is -1.79. The van der Waals surface area contributed by atoms with Crippen molar-refractivity contribution in [2.75, 3.05) is 26.2 Å². The fourth-order valence-electron chi connectivity index (χ4n) is 1.99. The van der Waals surface area contributed by atoms with Gasteiger partial charge in [-0.05, 0) is 38.1 Å². The fourth-order valence-corrected chi connectivity index (χ4v) is 1.99. The van der Waals surface area contributed by atoms with E-state index in [9.17, 15) is 4.79 Å². The summed E-state index contributed by atoms with van der Waals surface area (Å²) in [4.78, 5) is 14.0. The van der Waals surface area contributed by atoms with Crippen molar-refractivity contribution in [2.45, 2.75) is 12.8 Å². The molecule has 1 fully saturated rings. The van der Waals surface area contributed by atoms with Gasteiger partial charge in [-0.2, -0.15) is 0 Å². The molecule has 0 bridgehead atoms. The fraction of sp³-hybridized carbons (Fsp3) is 0.400. The molecule has 1 amide bonds. The lowest BCUT2D eigenvalue weighted by Crippen LogP contribution is -2.24. The summed E-state index contributed by atoms with van der Waals surface area (Å²) < 4.78 is 0. The third kappa shape index (κ3) is 3.90. The second kappa shape index (κ2) is 6.83. The third-order valence-electron chi connectivity index (χ3n) is 3.00. The predicted molar refractivity (Wildman–Crippen MR) is 72.2 cm³/mol. The highest BCUT2D eigenvalue weighted by atomic mass is 16.1. The molecular formula is C15H18N2O. The van der Waals surface area contributed by atoms with Gasteiger partial charge in [-0.3, -0.25) is 9.69 Å². The number of carbonyl (C=O) groups is 1. The Morgan fingerprint density at radius 2 is 1.89 bits per heavy atom. The minimum atomic E-state index is -0.0638. The van der Waals surface area contributed by atoms with Gasteiger partial charge in [-0.15, -0.1) is 0 Å². The molecule has 0 aromatic heterocycles. The maximum Gasteiger partial charge on any atom is 0.252 e. The molecule has 0 aliphatic carbocycles. The smallest absolute Gasteiger partial charge is 0.252 e. The van der Waals surface area contributed by atoms with E-state index in [1.54, 1.807) is 12.1 Å². The molecule has 18 heavy (non-hydrogen) atoms. The lowest BCUT2D eigenvalue weighted by Gasteiger charge is -2.08. The number of nitrogens with zero attached hydrogens (tertiary/aromatic N) is 1. The number of hydrogen-bond donors (Lipinski definition) is 1. The van der Waals surface area contributed by atoms with Crippen molar-refractivity contribution >= 4 is 5.91 Å². The minimum Gasteiger partial charge on any atom is -0.341 e. The van der Waals surface area contributed by atoms with Crippen molar-refractivity contribution < 1.29 is 4.79 Å². The van der Waals surface area contributed by atoms with Crippen LogP contribution in [0.3, 0.4) is 0 Å². The van der Waals surface area contributed by atoms with E-state index in [0.29, 0.717) is 12.1 Å². The Bertz CT molecular complexity index is 439. The summed E-state index contributed by atoms with van der Waals surface area (Å²) >= 11 is 0. The molecule has 0 unspecified atom stereocenters. The minimum absolute atomic E-state index is 0.0638. The topological polar surface area (TPSA) is 32.3 Å². The van der Waals surface area contributed by atoms with Crippen molar-refractivity contribution in [3.8, 4) is 11.8 Å². The van der Waals surface area contributed by atoms with E-state index in [-0.39, 0.29) is 5.91 Å². The highest BCUT2D eigenvalue weighted by molar-refractivity contribution is 5.94. The van der Waals surface area contributed by atoms with Gasteiger partial charge in [0.1, 0.15) is 0 Å². The molecule has 3 nitrogen and oxygen atoms in total. The molecule has 1 aliphatic heterocycles. The Kier molecular flexibility index (Phi) is 4.80. The average Bonchev–Trinajstić information content (AvgIpc) is 2.92. The standard InChI is InChI=1S/C15H18N2O/c18-15(14-8-2-1-3-9-14)16-10-4-5-11-17-12-6-7-13-17/h1-3,8-9H,6-7,10-13H2,(H,16,18). The number of likely N-dealkylation sites (tertiary alicyclic amines) is 1. The monoisotopic (exact) mass is 242 g/mol. The van der Waals surface area contributed by atoms with Crippen LogP contribution in [0.5, 0.6) is 0 Å². The van der Waals surface area contributed by atoms with Crippen LogP contribution in [-0.2, 0) is 0 Å². The summed E-state index contributed by atoms with van der Waals surface area (Å²) in [6, 6.07) is 9.20. The summed E-state index contributed by atoms with van der Waals surface area (Å²) in [5, 5.41) is 2.79. The molecular weight excluding hydrogens is 224 g/mol. The number of carbonyl (C=O) groups excluding carboxylic acids is 1. The summed E-state index contributed by atoms with van der Waals surface area (Å²) in [7, 11) is 0. The van der Waals surface area contributed by atoms with E-state index in [1.807, 2.05) is 18.2 Å². The zero-order valence-electron chi connectivity index (χ0n) is 10.5. The lowest BCUT2D eigenvalue weighted by molar-refractivity contribution is 0.0958. The van der Waals surface area contributed by atoms with E-state index in [0.717, 1.165) is 19.6 Å². The summed E-state index contributed by atoms with van der Waals surface area (Å²) in [5.74, 6) is 6.02. The van der Waals surface area contributed by atoms with Crippen LogP contribution in [0.25, 0.3) is 0 Å². The maximum atomic E-state index is 11.7. The highest BCUT2D eigenvalue weighted by Gasteiger charge is 2.08. The van der Waals surface area contributed by atoms with Gasteiger partial charge >= 0.3 is 0 Å². The molecule has 1 heterocycles.